The fraction of sp³-hybridized carbons (Fsp3) is 0.316. The normalized spacial score (nSPS) is 11.0. The van der Waals surface area contributed by atoms with Gasteiger partial charge >= 0.3 is 0 Å². The van der Waals surface area contributed by atoms with Crippen LogP contribution in [0, 0.1) is 11.6 Å². The molecule has 7 heteroatoms. The van der Waals surface area contributed by atoms with Crippen LogP contribution in [0.15, 0.2) is 53.5 Å². The van der Waals surface area contributed by atoms with Crippen molar-refractivity contribution in [3.8, 4) is 0 Å². The van der Waals surface area contributed by atoms with Gasteiger partial charge in [0.15, 0.2) is 5.96 Å². The summed E-state index contributed by atoms with van der Waals surface area (Å²) in [5.74, 6) is -0.241. The average Bonchev–Trinajstić information content (AvgIpc) is 2.63. The number of ether oxygens (including phenoxy) is 1. The lowest BCUT2D eigenvalue weighted by Gasteiger charge is -2.12. The van der Waals surface area contributed by atoms with E-state index in [4.69, 9.17) is 4.74 Å². The molecule has 0 aliphatic heterocycles. The van der Waals surface area contributed by atoms with E-state index < -0.39 is 11.6 Å². The average molecular weight is 475 g/mol. The first-order valence-electron chi connectivity index (χ1n) is 8.19. The maximum absolute atomic E-state index is 13.5. The predicted molar refractivity (Wildman–Crippen MR) is 111 cm³/mol. The largest absolute Gasteiger partial charge is 0.375 e. The van der Waals surface area contributed by atoms with Gasteiger partial charge in [-0.1, -0.05) is 30.3 Å². The number of halogens is 3. The molecule has 0 fully saturated rings. The minimum Gasteiger partial charge on any atom is -0.375 e. The highest BCUT2D eigenvalue weighted by molar-refractivity contribution is 14.0. The van der Waals surface area contributed by atoms with Crippen LogP contribution in [0.25, 0.3) is 0 Å². The van der Waals surface area contributed by atoms with Gasteiger partial charge in [-0.3, -0.25) is 4.99 Å². The third-order valence-electron chi connectivity index (χ3n) is 3.57. The molecule has 0 spiro atoms. The minimum absolute atomic E-state index is 0. The molecule has 0 atom stereocenters. The highest BCUT2D eigenvalue weighted by Gasteiger charge is 2.04. The van der Waals surface area contributed by atoms with E-state index in [1.54, 1.807) is 7.05 Å². The molecule has 0 amide bonds. The van der Waals surface area contributed by atoms with Gasteiger partial charge in [0.2, 0.25) is 0 Å². The number of benzene rings is 2. The predicted octanol–water partition coefficient (Wildman–Crippen LogP) is 3.51. The van der Waals surface area contributed by atoms with E-state index in [0.717, 1.165) is 17.7 Å². The molecule has 0 aliphatic rings. The fourth-order valence-corrected chi connectivity index (χ4v) is 2.28. The van der Waals surface area contributed by atoms with Crippen molar-refractivity contribution in [2.75, 3.05) is 26.7 Å². The van der Waals surface area contributed by atoms with Crippen LogP contribution in [0.2, 0.25) is 0 Å². The molecular weight excluding hydrogens is 451 g/mol. The zero-order valence-electron chi connectivity index (χ0n) is 14.7. The number of nitrogens with zero attached hydrogens (tertiary/aromatic N) is 1. The van der Waals surface area contributed by atoms with E-state index in [1.807, 2.05) is 30.3 Å². The Balaban J connectivity index is 0.00000338. The summed E-state index contributed by atoms with van der Waals surface area (Å²) in [4.78, 5) is 4.09. The third-order valence-corrected chi connectivity index (χ3v) is 3.57. The Morgan fingerprint density at radius 3 is 2.50 bits per heavy atom. The second kappa shape index (κ2) is 12.6. The highest BCUT2D eigenvalue weighted by atomic mass is 127. The lowest BCUT2D eigenvalue weighted by atomic mass is 10.1. The first kappa shape index (κ1) is 22.3. The second-order valence-corrected chi connectivity index (χ2v) is 5.45. The first-order valence-corrected chi connectivity index (χ1v) is 8.19. The van der Waals surface area contributed by atoms with Gasteiger partial charge in [0.1, 0.15) is 11.6 Å². The fourth-order valence-electron chi connectivity index (χ4n) is 2.28. The molecule has 0 bridgehead atoms. The molecule has 0 saturated heterocycles. The van der Waals surface area contributed by atoms with E-state index in [9.17, 15) is 8.78 Å². The van der Waals surface area contributed by atoms with Crippen LogP contribution in [0.5, 0.6) is 0 Å². The Kier molecular flexibility index (Phi) is 10.8. The van der Waals surface area contributed by atoms with Crippen LogP contribution in [0.4, 0.5) is 8.78 Å². The maximum Gasteiger partial charge on any atom is 0.191 e. The van der Waals surface area contributed by atoms with Gasteiger partial charge < -0.3 is 15.4 Å². The smallest absolute Gasteiger partial charge is 0.191 e. The Bertz CT molecular complexity index is 684. The van der Waals surface area contributed by atoms with Crippen molar-refractivity contribution in [3.63, 3.8) is 0 Å². The van der Waals surface area contributed by atoms with Gasteiger partial charge in [-0.15, -0.1) is 24.0 Å². The zero-order valence-corrected chi connectivity index (χ0v) is 17.0. The summed E-state index contributed by atoms with van der Waals surface area (Å²) in [6.45, 7) is 2.15. The zero-order chi connectivity index (χ0) is 17.9. The standard InChI is InChI=1S/C19H23F2N3O.HI/c1-22-19(23-10-9-16-13-17(20)7-8-18(16)21)24-11-12-25-14-15-5-3-2-4-6-15;/h2-8,13H,9-12,14H2,1H3,(H2,22,23,24);1H. The summed E-state index contributed by atoms with van der Waals surface area (Å²) in [6.07, 6.45) is 0.370. The summed E-state index contributed by atoms with van der Waals surface area (Å²) in [6, 6.07) is 13.4. The van der Waals surface area contributed by atoms with Crippen LogP contribution in [-0.4, -0.2) is 32.7 Å². The van der Waals surface area contributed by atoms with Crippen LogP contribution in [0.3, 0.4) is 0 Å². The number of hydrogen-bond acceptors (Lipinski definition) is 2. The van der Waals surface area contributed by atoms with Crippen molar-refractivity contribution in [2.24, 2.45) is 4.99 Å². The molecule has 0 aliphatic carbocycles. The number of guanidine groups is 1. The first-order chi connectivity index (χ1) is 12.2. The van der Waals surface area contributed by atoms with E-state index >= 15 is 0 Å². The van der Waals surface area contributed by atoms with Crippen LogP contribution < -0.4 is 10.6 Å². The Morgan fingerprint density at radius 2 is 1.77 bits per heavy atom. The molecule has 0 heterocycles. The number of nitrogens with one attached hydrogen (secondary N) is 2. The summed E-state index contributed by atoms with van der Waals surface area (Å²) in [5.41, 5.74) is 1.47. The molecule has 0 radical (unpaired) electrons. The van der Waals surface area contributed by atoms with Crippen molar-refractivity contribution in [1.82, 2.24) is 10.6 Å². The molecule has 2 aromatic carbocycles. The van der Waals surface area contributed by atoms with E-state index in [-0.39, 0.29) is 24.0 Å². The van der Waals surface area contributed by atoms with E-state index in [0.29, 0.717) is 44.2 Å². The molecule has 0 aromatic heterocycles. The number of rotatable bonds is 8. The number of hydrogen-bond donors (Lipinski definition) is 2. The maximum atomic E-state index is 13.5. The lowest BCUT2D eigenvalue weighted by molar-refractivity contribution is 0.125. The van der Waals surface area contributed by atoms with Gasteiger partial charge in [0.05, 0.1) is 13.2 Å². The molecule has 4 nitrogen and oxygen atoms in total. The van der Waals surface area contributed by atoms with Crippen molar-refractivity contribution < 1.29 is 13.5 Å². The van der Waals surface area contributed by atoms with Crippen LogP contribution >= 0.6 is 24.0 Å². The van der Waals surface area contributed by atoms with Crippen LogP contribution in [-0.2, 0) is 17.8 Å². The van der Waals surface area contributed by atoms with Crippen molar-refractivity contribution in [2.45, 2.75) is 13.0 Å². The Labute approximate surface area is 170 Å². The quantitative estimate of drug-likeness (QED) is 0.266. The highest BCUT2D eigenvalue weighted by Crippen LogP contribution is 2.09. The molecule has 2 aromatic rings. The third kappa shape index (κ3) is 8.09. The second-order valence-electron chi connectivity index (χ2n) is 5.45. The van der Waals surface area contributed by atoms with Crippen molar-refractivity contribution in [3.05, 3.63) is 71.3 Å². The Hall–Kier alpha value is -1.74. The van der Waals surface area contributed by atoms with E-state index in [1.165, 1.54) is 6.07 Å². The lowest BCUT2D eigenvalue weighted by Crippen LogP contribution is -2.39. The summed E-state index contributed by atoms with van der Waals surface area (Å²) >= 11 is 0. The molecule has 2 N–H and O–H groups in total. The van der Waals surface area contributed by atoms with Gasteiger partial charge in [-0.2, -0.15) is 0 Å². The molecule has 142 valence electrons. The number of aliphatic imine (C=N–C) groups is 1. The molecule has 0 unspecified atom stereocenters. The molecule has 2 rings (SSSR count). The topological polar surface area (TPSA) is 45.7 Å². The molecule has 26 heavy (non-hydrogen) atoms. The summed E-state index contributed by atoms with van der Waals surface area (Å²) in [5, 5.41) is 6.18. The van der Waals surface area contributed by atoms with Crippen molar-refractivity contribution in [1.29, 1.82) is 0 Å². The van der Waals surface area contributed by atoms with Gasteiger partial charge in [-0.05, 0) is 35.7 Å². The van der Waals surface area contributed by atoms with Crippen LogP contribution in [0.1, 0.15) is 11.1 Å². The molecule has 0 saturated carbocycles. The summed E-state index contributed by atoms with van der Waals surface area (Å²) < 4.78 is 32.3. The SMILES string of the molecule is CN=C(NCCOCc1ccccc1)NCCc1cc(F)ccc1F.I. The van der Waals surface area contributed by atoms with Gasteiger partial charge in [-0.25, -0.2) is 8.78 Å². The van der Waals surface area contributed by atoms with Gasteiger partial charge in [0, 0.05) is 20.1 Å². The molecular formula is C19H24F2IN3O. The van der Waals surface area contributed by atoms with Gasteiger partial charge in [0.25, 0.3) is 0 Å². The Morgan fingerprint density at radius 1 is 1.04 bits per heavy atom. The van der Waals surface area contributed by atoms with Crippen molar-refractivity contribution >= 4 is 29.9 Å². The minimum atomic E-state index is -0.436. The monoisotopic (exact) mass is 475 g/mol. The summed E-state index contributed by atoms with van der Waals surface area (Å²) in [7, 11) is 1.66. The van der Waals surface area contributed by atoms with E-state index in [2.05, 4.69) is 15.6 Å².